The van der Waals surface area contributed by atoms with E-state index in [1.54, 1.807) is 24.3 Å². The average molecular weight is 493 g/mol. The molecule has 2 bridgehead atoms. The molecule has 0 aliphatic carbocycles. The lowest BCUT2D eigenvalue weighted by molar-refractivity contribution is -0.946. The molecular weight excluding hydrogens is 460 g/mol. The first-order chi connectivity index (χ1) is 17.5. The Hall–Kier alpha value is -3.25. The Morgan fingerprint density at radius 1 is 0.889 bits per heavy atom. The number of benzene rings is 3. The van der Waals surface area contributed by atoms with Crippen LogP contribution in [0.4, 0.5) is 8.78 Å². The molecule has 3 aromatic carbocycles. The smallest absolute Gasteiger partial charge is 0.307 e. The van der Waals surface area contributed by atoms with Gasteiger partial charge in [0, 0.05) is 18.8 Å². The summed E-state index contributed by atoms with van der Waals surface area (Å²) in [6.07, 6.45) is 1.65. The number of esters is 1. The molecule has 3 aliphatic rings. The Morgan fingerprint density at radius 2 is 1.53 bits per heavy atom. The lowest BCUT2D eigenvalue weighted by Gasteiger charge is -2.52. The fourth-order valence-corrected chi connectivity index (χ4v) is 5.92. The molecule has 3 aliphatic heterocycles. The van der Waals surface area contributed by atoms with E-state index in [1.165, 1.54) is 24.3 Å². The van der Waals surface area contributed by atoms with Crippen molar-refractivity contribution >= 4 is 5.97 Å². The fourth-order valence-electron chi connectivity index (χ4n) is 5.92. The highest BCUT2D eigenvalue weighted by Gasteiger charge is 2.46. The molecule has 1 atom stereocenters. The van der Waals surface area contributed by atoms with Gasteiger partial charge in [-0.2, -0.15) is 0 Å². The van der Waals surface area contributed by atoms with Crippen LogP contribution in [0.25, 0.3) is 0 Å². The quantitative estimate of drug-likeness (QED) is 0.275. The highest BCUT2D eigenvalue weighted by molar-refractivity contribution is 5.70. The highest BCUT2D eigenvalue weighted by Crippen LogP contribution is 2.40. The SMILES string of the molecule is O=C(C[C@H]1C[N+]2(CCOc3ccccc3)CCC1CC2)OC(c1cccc(F)c1)c1cccc(F)c1. The molecule has 36 heavy (non-hydrogen) atoms. The van der Waals surface area contributed by atoms with E-state index < -0.39 is 17.7 Å². The molecule has 0 saturated carbocycles. The van der Waals surface area contributed by atoms with Gasteiger partial charge >= 0.3 is 5.97 Å². The molecule has 0 amide bonds. The minimum absolute atomic E-state index is 0.234. The van der Waals surface area contributed by atoms with Crippen LogP contribution in [-0.2, 0) is 9.53 Å². The number of nitrogens with zero attached hydrogens (tertiary/aromatic N) is 1. The molecule has 0 radical (unpaired) electrons. The second kappa shape index (κ2) is 10.8. The van der Waals surface area contributed by atoms with Crippen molar-refractivity contribution in [1.29, 1.82) is 0 Å². The Labute approximate surface area is 211 Å². The molecule has 188 valence electrons. The third-order valence-corrected chi connectivity index (χ3v) is 7.80. The second-order valence-electron chi connectivity index (χ2n) is 10.1. The molecule has 6 heteroatoms. The van der Waals surface area contributed by atoms with Crippen LogP contribution in [-0.4, -0.2) is 43.2 Å². The van der Waals surface area contributed by atoms with Gasteiger partial charge in [-0.15, -0.1) is 0 Å². The summed E-state index contributed by atoms with van der Waals surface area (Å²) in [4.78, 5) is 13.2. The van der Waals surface area contributed by atoms with Gasteiger partial charge in [0.05, 0.1) is 26.1 Å². The summed E-state index contributed by atoms with van der Waals surface area (Å²) in [5, 5.41) is 0. The van der Waals surface area contributed by atoms with Crippen molar-refractivity contribution in [3.63, 3.8) is 0 Å². The van der Waals surface area contributed by atoms with E-state index >= 15 is 0 Å². The van der Waals surface area contributed by atoms with E-state index in [0.717, 1.165) is 49.3 Å². The minimum Gasteiger partial charge on any atom is -0.488 e. The summed E-state index contributed by atoms with van der Waals surface area (Å²) < 4.78 is 40.8. The van der Waals surface area contributed by atoms with E-state index in [2.05, 4.69) is 0 Å². The predicted molar refractivity (Wildman–Crippen MR) is 133 cm³/mol. The van der Waals surface area contributed by atoms with Crippen molar-refractivity contribution < 1.29 is 27.5 Å². The zero-order valence-corrected chi connectivity index (χ0v) is 20.3. The van der Waals surface area contributed by atoms with Gasteiger partial charge in [-0.25, -0.2) is 8.78 Å². The van der Waals surface area contributed by atoms with Crippen LogP contribution in [0.1, 0.15) is 36.5 Å². The van der Waals surface area contributed by atoms with Gasteiger partial charge in [-0.3, -0.25) is 4.79 Å². The normalized spacial score (nSPS) is 23.0. The number of ether oxygens (including phenoxy) is 2. The van der Waals surface area contributed by atoms with Crippen molar-refractivity contribution in [1.82, 2.24) is 0 Å². The zero-order chi connectivity index (χ0) is 25.0. The van der Waals surface area contributed by atoms with Gasteiger partial charge in [0.2, 0.25) is 0 Å². The zero-order valence-electron chi connectivity index (χ0n) is 20.3. The molecule has 4 nitrogen and oxygen atoms in total. The third-order valence-electron chi connectivity index (χ3n) is 7.80. The van der Waals surface area contributed by atoms with Crippen LogP contribution < -0.4 is 4.74 Å². The van der Waals surface area contributed by atoms with Gasteiger partial charge in [0.1, 0.15) is 30.5 Å². The minimum atomic E-state index is -0.854. The van der Waals surface area contributed by atoms with Crippen molar-refractivity contribution in [2.24, 2.45) is 11.8 Å². The number of fused-ring (bicyclic) bond motifs is 3. The lowest BCUT2D eigenvalue weighted by Crippen LogP contribution is -2.63. The molecule has 3 saturated heterocycles. The van der Waals surface area contributed by atoms with Crippen molar-refractivity contribution in [2.75, 3.05) is 32.8 Å². The summed E-state index contributed by atoms with van der Waals surface area (Å²) in [5.41, 5.74) is 0.980. The summed E-state index contributed by atoms with van der Waals surface area (Å²) in [5.74, 6) is 0.444. The fraction of sp³-hybridized carbons (Fsp3) is 0.367. The number of piperidine rings is 3. The second-order valence-corrected chi connectivity index (χ2v) is 10.1. The number of para-hydroxylation sites is 1. The van der Waals surface area contributed by atoms with Crippen LogP contribution in [0.3, 0.4) is 0 Å². The topological polar surface area (TPSA) is 35.5 Å². The van der Waals surface area contributed by atoms with Gasteiger partial charge in [0.15, 0.2) is 6.10 Å². The summed E-state index contributed by atoms with van der Waals surface area (Å²) in [6.45, 7) is 4.73. The number of halogens is 2. The maximum absolute atomic E-state index is 14.0. The molecule has 0 N–H and O–H groups in total. The largest absolute Gasteiger partial charge is 0.488 e. The van der Waals surface area contributed by atoms with Crippen molar-refractivity contribution in [3.05, 3.63) is 102 Å². The van der Waals surface area contributed by atoms with Crippen LogP contribution in [0.15, 0.2) is 78.9 Å². The number of quaternary nitrogens is 1. The summed E-state index contributed by atoms with van der Waals surface area (Å²) in [6, 6.07) is 21.7. The lowest BCUT2D eigenvalue weighted by atomic mass is 9.75. The first kappa shape index (κ1) is 24.4. The van der Waals surface area contributed by atoms with Gasteiger partial charge in [0.25, 0.3) is 0 Å². The van der Waals surface area contributed by atoms with Crippen LogP contribution in [0.5, 0.6) is 5.75 Å². The predicted octanol–water partition coefficient (Wildman–Crippen LogP) is 5.92. The molecule has 6 rings (SSSR count). The van der Waals surface area contributed by atoms with Crippen LogP contribution in [0, 0.1) is 23.5 Å². The summed E-state index contributed by atoms with van der Waals surface area (Å²) in [7, 11) is 0. The third kappa shape index (κ3) is 5.76. The first-order valence-electron chi connectivity index (χ1n) is 12.7. The highest BCUT2D eigenvalue weighted by atomic mass is 19.1. The molecular formula is C30H32F2NO3+. The summed E-state index contributed by atoms with van der Waals surface area (Å²) >= 11 is 0. The van der Waals surface area contributed by atoms with Crippen LogP contribution >= 0.6 is 0 Å². The number of rotatable bonds is 9. The molecule has 0 spiro atoms. The van der Waals surface area contributed by atoms with Crippen molar-refractivity contribution in [3.8, 4) is 5.75 Å². The number of carbonyl (C=O) groups is 1. The Kier molecular flexibility index (Phi) is 7.33. The molecule has 3 heterocycles. The number of carbonyl (C=O) groups excluding carboxylic acids is 1. The van der Waals surface area contributed by atoms with E-state index in [9.17, 15) is 13.6 Å². The molecule has 3 aromatic rings. The Morgan fingerprint density at radius 3 is 2.14 bits per heavy atom. The van der Waals surface area contributed by atoms with Gasteiger partial charge in [-0.1, -0.05) is 42.5 Å². The standard InChI is InChI=1S/C30H32F2NO3/c31-26-8-4-6-23(18-26)30(24-7-5-9-27(32)19-24)36-29(34)20-25-21-33(14-12-22(25)13-15-33)16-17-35-28-10-2-1-3-11-28/h1-11,18-19,22,25,30H,12-17,20-21H2/q+1/t22?,25-,33?/m0/s1. The van der Waals surface area contributed by atoms with Gasteiger partial charge in [-0.05, 0) is 53.4 Å². The van der Waals surface area contributed by atoms with Crippen molar-refractivity contribution in [2.45, 2.75) is 25.4 Å². The van der Waals surface area contributed by atoms with E-state index in [0.29, 0.717) is 30.1 Å². The Balaban J connectivity index is 1.24. The number of hydrogen-bond acceptors (Lipinski definition) is 3. The maximum Gasteiger partial charge on any atom is 0.307 e. The van der Waals surface area contributed by atoms with E-state index in [-0.39, 0.29) is 11.9 Å². The molecule has 0 aromatic heterocycles. The maximum atomic E-state index is 14.0. The Bertz CT molecular complexity index is 1130. The molecule has 3 fully saturated rings. The first-order valence-corrected chi connectivity index (χ1v) is 12.7. The van der Waals surface area contributed by atoms with E-state index in [4.69, 9.17) is 9.47 Å². The number of hydrogen-bond donors (Lipinski definition) is 0. The van der Waals surface area contributed by atoms with Gasteiger partial charge < -0.3 is 14.0 Å². The monoisotopic (exact) mass is 492 g/mol. The van der Waals surface area contributed by atoms with Crippen LogP contribution in [0.2, 0.25) is 0 Å². The van der Waals surface area contributed by atoms with E-state index in [1.807, 2.05) is 30.3 Å². The molecule has 0 unspecified atom stereocenters. The average Bonchev–Trinajstić information content (AvgIpc) is 2.88.